The van der Waals surface area contributed by atoms with Crippen molar-refractivity contribution in [2.45, 2.75) is 31.7 Å². The Morgan fingerprint density at radius 3 is 2.68 bits per heavy atom. The van der Waals surface area contributed by atoms with Crippen LogP contribution in [-0.2, 0) is 5.54 Å². The molecule has 4 rings (SSSR count). The molecule has 1 saturated carbocycles. The SMILES string of the molecule is Cc1ccc(-c2cc(-c3nc(C4(N)CCC4)no3)[nH]n2)cc1. The molecule has 1 aliphatic carbocycles. The first-order valence-corrected chi connectivity index (χ1v) is 7.40. The van der Waals surface area contributed by atoms with Crippen molar-refractivity contribution in [1.29, 1.82) is 0 Å². The van der Waals surface area contributed by atoms with Gasteiger partial charge in [-0.25, -0.2) is 0 Å². The van der Waals surface area contributed by atoms with Crippen molar-refractivity contribution in [3.63, 3.8) is 0 Å². The van der Waals surface area contributed by atoms with Crippen molar-refractivity contribution >= 4 is 0 Å². The molecule has 0 unspecified atom stereocenters. The average Bonchev–Trinajstić information content (AvgIpc) is 3.14. The van der Waals surface area contributed by atoms with Crippen LogP contribution in [-0.4, -0.2) is 20.3 Å². The normalized spacial score (nSPS) is 16.5. The average molecular weight is 295 g/mol. The molecule has 6 heteroatoms. The number of rotatable bonds is 3. The van der Waals surface area contributed by atoms with Crippen LogP contribution in [0.1, 0.15) is 30.7 Å². The van der Waals surface area contributed by atoms with Gasteiger partial charge in [0, 0.05) is 5.56 Å². The Morgan fingerprint density at radius 1 is 1.23 bits per heavy atom. The fourth-order valence-electron chi connectivity index (χ4n) is 2.62. The first kappa shape index (κ1) is 13.2. The second-order valence-electron chi connectivity index (χ2n) is 5.97. The molecule has 2 heterocycles. The van der Waals surface area contributed by atoms with E-state index in [0.29, 0.717) is 17.4 Å². The molecule has 3 N–H and O–H groups in total. The van der Waals surface area contributed by atoms with Crippen molar-refractivity contribution in [2.75, 3.05) is 0 Å². The number of nitrogens with zero attached hydrogens (tertiary/aromatic N) is 3. The fraction of sp³-hybridized carbons (Fsp3) is 0.312. The van der Waals surface area contributed by atoms with E-state index in [2.05, 4.69) is 39.4 Å². The van der Waals surface area contributed by atoms with E-state index in [4.69, 9.17) is 10.3 Å². The predicted molar refractivity (Wildman–Crippen MR) is 81.8 cm³/mol. The summed E-state index contributed by atoms with van der Waals surface area (Å²) in [7, 11) is 0. The van der Waals surface area contributed by atoms with Gasteiger partial charge >= 0.3 is 0 Å². The van der Waals surface area contributed by atoms with Crippen LogP contribution >= 0.6 is 0 Å². The third-order valence-electron chi connectivity index (χ3n) is 4.27. The molecule has 1 aromatic carbocycles. The quantitative estimate of drug-likeness (QED) is 0.775. The zero-order valence-corrected chi connectivity index (χ0v) is 12.3. The summed E-state index contributed by atoms with van der Waals surface area (Å²) >= 11 is 0. The van der Waals surface area contributed by atoms with Gasteiger partial charge in [-0.2, -0.15) is 10.1 Å². The van der Waals surface area contributed by atoms with Crippen molar-refractivity contribution in [3.8, 4) is 22.8 Å². The van der Waals surface area contributed by atoms with Crippen molar-refractivity contribution in [1.82, 2.24) is 20.3 Å². The summed E-state index contributed by atoms with van der Waals surface area (Å²) in [6.07, 6.45) is 2.93. The first-order chi connectivity index (χ1) is 10.6. The summed E-state index contributed by atoms with van der Waals surface area (Å²) in [5, 5.41) is 11.3. The second-order valence-corrected chi connectivity index (χ2v) is 5.97. The molecule has 112 valence electrons. The minimum atomic E-state index is -0.415. The van der Waals surface area contributed by atoms with Crippen LogP contribution in [0.25, 0.3) is 22.8 Å². The molecular weight excluding hydrogens is 278 g/mol. The van der Waals surface area contributed by atoms with Gasteiger partial charge in [0.05, 0.1) is 11.2 Å². The van der Waals surface area contributed by atoms with Gasteiger partial charge in [-0.3, -0.25) is 5.10 Å². The molecule has 1 fully saturated rings. The number of hydrogen-bond donors (Lipinski definition) is 2. The lowest BCUT2D eigenvalue weighted by molar-refractivity contribution is 0.229. The molecule has 0 aliphatic heterocycles. The van der Waals surface area contributed by atoms with Gasteiger partial charge in [0.2, 0.25) is 0 Å². The van der Waals surface area contributed by atoms with Crippen LogP contribution in [0, 0.1) is 6.92 Å². The number of nitrogens with one attached hydrogen (secondary N) is 1. The fourth-order valence-corrected chi connectivity index (χ4v) is 2.62. The van der Waals surface area contributed by atoms with Crippen LogP contribution in [0.3, 0.4) is 0 Å². The molecule has 1 aliphatic rings. The van der Waals surface area contributed by atoms with Crippen LogP contribution < -0.4 is 5.73 Å². The minimum absolute atomic E-state index is 0.415. The zero-order valence-electron chi connectivity index (χ0n) is 12.3. The Balaban J connectivity index is 1.63. The summed E-state index contributed by atoms with van der Waals surface area (Å²) in [5.74, 6) is 1.01. The van der Waals surface area contributed by atoms with E-state index in [1.807, 2.05) is 18.2 Å². The topological polar surface area (TPSA) is 93.6 Å². The van der Waals surface area contributed by atoms with E-state index in [9.17, 15) is 0 Å². The molecule has 6 nitrogen and oxygen atoms in total. The third-order valence-corrected chi connectivity index (χ3v) is 4.27. The number of hydrogen-bond acceptors (Lipinski definition) is 5. The standard InChI is InChI=1S/C16H17N5O/c1-10-3-5-11(6-4-10)12-9-13(20-19-12)14-18-15(21-22-14)16(17)7-2-8-16/h3-6,9H,2,7-8,17H2,1H3,(H,19,20). The number of nitrogens with two attached hydrogens (primary N) is 1. The number of aryl methyl sites for hydroxylation is 1. The van der Waals surface area contributed by atoms with E-state index in [0.717, 1.165) is 30.5 Å². The number of H-pyrrole nitrogens is 1. The minimum Gasteiger partial charge on any atom is -0.332 e. The predicted octanol–water partition coefficient (Wildman–Crippen LogP) is 2.77. The van der Waals surface area contributed by atoms with Gasteiger partial charge in [0.1, 0.15) is 5.69 Å². The Hall–Kier alpha value is -2.47. The van der Waals surface area contributed by atoms with E-state index in [-0.39, 0.29) is 0 Å². The lowest BCUT2D eigenvalue weighted by Gasteiger charge is -2.34. The molecule has 0 atom stereocenters. The number of aromatic amines is 1. The largest absolute Gasteiger partial charge is 0.332 e. The van der Waals surface area contributed by atoms with Crippen molar-refractivity contribution in [2.24, 2.45) is 5.73 Å². The highest BCUT2D eigenvalue weighted by Crippen LogP contribution is 2.37. The maximum Gasteiger partial charge on any atom is 0.276 e. The summed E-state index contributed by atoms with van der Waals surface area (Å²) in [5.41, 5.74) is 9.61. The van der Waals surface area contributed by atoms with Gasteiger partial charge in [0.25, 0.3) is 5.89 Å². The smallest absolute Gasteiger partial charge is 0.276 e. The van der Waals surface area contributed by atoms with Crippen molar-refractivity contribution < 1.29 is 4.52 Å². The Kier molecular flexibility index (Phi) is 2.87. The summed E-state index contributed by atoms with van der Waals surface area (Å²) in [6.45, 7) is 2.06. The molecule has 0 amide bonds. The Labute approximate surface area is 127 Å². The molecular formula is C16H17N5O. The summed E-state index contributed by atoms with van der Waals surface area (Å²) in [6, 6.07) is 10.1. The maximum atomic E-state index is 6.22. The van der Waals surface area contributed by atoms with Gasteiger partial charge in [-0.05, 0) is 32.3 Å². The van der Waals surface area contributed by atoms with Crippen LogP contribution in [0.4, 0.5) is 0 Å². The summed E-state index contributed by atoms with van der Waals surface area (Å²) in [4.78, 5) is 4.42. The summed E-state index contributed by atoms with van der Waals surface area (Å²) < 4.78 is 5.33. The molecule has 0 spiro atoms. The monoisotopic (exact) mass is 295 g/mol. The van der Waals surface area contributed by atoms with Gasteiger partial charge < -0.3 is 10.3 Å². The highest BCUT2D eigenvalue weighted by molar-refractivity contribution is 5.64. The van der Waals surface area contributed by atoms with Crippen LogP contribution in [0.5, 0.6) is 0 Å². The van der Waals surface area contributed by atoms with Crippen molar-refractivity contribution in [3.05, 3.63) is 41.7 Å². The van der Waals surface area contributed by atoms with E-state index in [1.165, 1.54) is 5.56 Å². The lowest BCUT2D eigenvalue weighted by atomic mass is 9.77. The molecule has 2 aromatic heterocycles. The second kappa shape index (κ2) is 4.78. The molecule has 22 heavy (non-hydrogen) atoms. The van der Waals surface area contributed by atoms with E-state index in [1.54, 1.807) is 0 Å². The molecule has 0 bridgehead atoms. The van der Waals surface area contributed by atoms with Gasteiger partial charge in [0.15, 0.2) is 5.82 Å². The lowest BCUT2D eigenvalue weighted by Crippen LogP contribution is -2.44. The van der Waals surface area contributed by atoms with E-state index < -0.39 is 5.54 Å². The number of aromatic nitrogens is 4. The first-order valence-electron chi connectivity index (χ1n) is 7.40. The van der Waals surface area contributed by atoms with E-state index >= 15 is 0 Å². The molecule has 0 saturated heterocycles. The number of benzene rings is 1. The Bertz CT molecular complexity index is 798. The van der Waals surface area contributed by atoms with Crippen LogP contribution in [0.2, 0.25) is 0 Å². The zero-order chi connectivity index (χ0) is 15.2. The molecule has 0 radical (unpaired) electrons. The third kappa shape index (κ3) is 2.12. The maximum absolute atomic E-state index is 6.22. The highest BCUT2D eigenvalue weighted by Gasteiger charge is 2.39. The highest BCUT2D eigenvalue weighted by atomic mass is 16.5. The Morgan fingerprint density at radius 2 is 2.00 bits per heavy atom. The van der Waals surface area contributed by atoms with Gasteiger partial charge in [-0.15, -0.1) is 0 Å². The van der Waals surface area contributed by atoms with Crippen LogP contribution in [0.15, 0.2) is 34.9 Å². The molecule has 3 aromatic rings. The van der Waals surface area contributed by atoms with Gasteiger partial charge in [-0.1, -0.05) is 35.0 Å².